The zero-order chi connectivity index (χ0) is 25.3. The number of aliphatic hydroxyl groups excluding tert-OH is 1. The van der Waals surface area contributed by atoms with Crippen LogP contribution in [0.25, 0.3) is 11.1 Å². The Morgan fingerprint density at radius 2 is 1.44 bits per heavy atom. The molecule has 0 unspecified atom stereocenters. The third-order valence-corrected chi connectivity index (χ3v) is 5.28. The van der Waals surface area contributed by atoms with Crippen LogP contribution in [0.3, 0.4) is 0 Å². The molecule has 0 spiro atoms. The van der Waals surface area contributed by atoms with Crippen LogP contribution in [0.5, 0.6) is 0 Å². The van der Waals surface area contributed by atoms with Gasteiger partial charge in [0.15, 0.2) is 0 Å². The molecule has 3 amide bonds. The Morgan fingerprint density at radius 1 is 0.882 bits per heavy atom. The maximum absolute atomic E-state index is 12.7. The highest BCUT2D eigenvalue weighted by Crippen LogP contribution is 2.20. The molecule has 0 heterocycles. The molecule has 2 rings (SSSR count). The van der Waals surface area contributed by atoms with Gasteiger partial charge in [0, 0.05) is 12.0 Å². The first-order chi connectivity index (χ1) is 16.2. The zero-order valence-electron chi connectivity index (χ0n) is 18.9. The molecule has 0 fully saturated rings. The van der Waals surface area contributed by atoms with E-state index in [9.17, 15) is 24.3 Å². The molecule has 10 nitrogen and oxygen atoms in total. The lowest BCUT2D eigenvalue weighted by Crippen LogP contribution is -2.57. The SMILES string of the molecule is CCc1ccc(-c2ccc(C(=O)N[C@@H](CCC(=O)O)C(=O)N[C@H](C(=O)NO)[C@@H](C)O)cc2)cc1. The molecule has 10 heteroatoms. The molecule has 3 atom stereocenters. The minimum absolute atomic E-state index is 0.248. The van der Waals surface area contributed by atoms with Crippen molar-refractivity contribution in [3.8, 4) is 11.1 Å². The summed E-state index contributed by atoms with van der Waals surface area (Å²) in [6.07, 6.45) is -1.09. The van der Waals surface area contributed by atoms with Crippen LogP contribution < -0.4 is 16.1 Å². The second-order valence-electron chi connectivity index (χ2n) is 7.79. The van der Waals surface area contributed by atoms with Crippen molar-refractivity contribution in [2.75, 3.05) is 0 Å². The summed E-state index contributed by atoms with van der Waals surface area (Å²) in [6.45, 7) is 3.29. The molecular weight excluding hydrogens is 442 g/mol. The van der Waals surface area contributed by atoms with Crippen LogP contribution in [0.1, 0.15) is 42.6 Å². The minimum atomic E-state index is -1.50. The van der Waals surface area contributed by atoms with Crippen molar-refractivity contribution in [1.82, 2.24) is 16.1 Å². The van der Waals surface area contributed by atoms with Gasteiger partial charge in [0.25, 0.3) is 11.8 Å². The quantitative estimate of drug-likeness (QED) is 0.212. The van der Waals surface area contributed by atoms with Crippen LogP contribution in [-0.2, 0) is 20.8 Å². The molecule has 2 aromatic rings. The largest absolute Gasteiger partial charge is 0.481 e. The Hall–Kier alpha value is -3.76. The van der Waals surface area contributed by atoms with Crippen molar-refractivity contribution in [2.45, 2.75) is 51.3 Å². The lowest BCUT2D eigenvalue weighted by Gasteiger charge is -2.23. The number of rotatable bonds is 11. The molecule has 0 aliphatic carbocycles. The van der Waals surface area contributed by atoms with Crippen LogP contribution in [0.2, 0.25) is 0 Å². The van der Waals surface area contributed by atoms with Gasteiger partial charge in [-0.15, -0.1) is 0 Å². The van der Waals surface area contributed by atoms with Crippen molar-refractivity contribution in [3.05, 3.63) is 59.7 Å². The van der Waals surface area contributed by atoms with Crippen molar-refractivity contribution in [3.63, 3.8) is 0 Å². The average Bonchev–Trinajstić information content (AvgIpc) is 2.84. The number of aliphatic hydroxyl groups is 1. The first-order valence-corrected chi connectivity index (χ1v) is 10.8. The van der Waals surface area contributed by atoms with Crippen LogP contribution in [0, 0.1) is 0 Å². The third kappa shape index (κ3) is 7.39. The number of aryl methyl sites for hydroxylation is 1. The Kier molecular flexibility index (Phi) is 9.72. The molecule has 0 radical (unpaired) electrons. The lowest BCUT2D eigenvalue weighted by molar-refractivity contribution is -0.139. The molecular formula is C24H29N3O7. The molecule has 0 aromatic heterocycles. The highest BCUT2D eigenvalue weighted by atomic mass is 16.5. The maximum Gasteiger partial charge on any atom is 0.303 e. The van der Waals surface area contributed by atoms with Gasteiger partial charge in [-0.05, 0) is 48.6 Å². The van der Waals surface area contributed by atoms with Crippen LogP contribution in [0.4, 0.5) is 0 Å². The van der Waals surface area contributed by atoms with Crippen molar-refractivity contribution in [1.29, 1.82) is 0 Å². The zero-order valence-corrected chi connectivity index (χ0v) is 18.9. The average molecular weight is 472 g/mol. The van der Waals surface area contributed by atoms with Crippen molar-refractivity contribution >= 4 is 23.7 Å². The second-order valence-corrected chi connectivity index (χ2v) is 7.79. The fourth-order valence-electron chi connectivity index (χ4n) is 3.25. The highest BCUT2D eigenvalue weighted by molar-refractivity contribution is 5.98. The van der Waals surface area contributed by atoms with E-state index >= 15 is 0 Å². The first-order valence-electron chi connectivity index (χ1n) is 10.8. The summed E-state index contributed by atoms with van der Waals surface area (Å²) in [5.41, 5.74) is 4.68. The Balaban J connectivity index is 2.15. The molecule has 2 aromatic carbocycles. The van der Waals surface area contributed by atoms with E-state index in [0.29, 0.717) is 0 Å². The summed E-state index contributed by atoms with van der Waals surface area (Å²) >= 11 is 0. The molecule has 0 aliphatic heterocycles. The monoisotopic (exact) mass is 471 g/mol. The van der Waals surface area contributed by atoms with E-state index in [-0.39, 0.29) is 12.0 Å². The van der Waals surface area contributed by atoms with E-state index in [1.54, 1.807) is 24.3 Å². The van der Waals surface area contributed by atoms with Gasteiger partial charge < -0.3 is 20.8 Å². The number of carboxylic acid groups (broad SMARTS) is 1. The number of hydroxylamine groups is 1. The van der Waals surface area contributed by atoms with Gasteiger partial charge in [-0.3, -0.25) is 24.4 Å². The molecule has 0 saturated carbocycles. The number of carbonyl (C=O) groups is 4. The Bertz CT molecular complexity index is 1000. The number of amides is 3. The summed E-state index contributed by atoms with van der Waals surface area (Å²) in [5, 5.41) is 32.2. The molecule has 0 saturated heterocycles. The predicted molar refractivity (Wildman–Crippen MR) is 123 cm³/mol. The van der Waals surface area contributed by atoms with Gasteiger partial charge in [-0.25, -0.2) is 5.48 Å². The normalized spacial score (nSPS) is 13.3. The first kappa shape index (κ1) is 26.5. The Labute approximate surface area is 197 Å². The molecule has 0 bridgehead atoms. The van der Waals surface area contributed by atoms with Crippen molar-refractivity contribution in [2.24, 2.45) is 0 Å². The summed E-state index contributed by atoms with van der Waals surface area (Å²) in [4.78, 5) is 48.1. The smallest absolute Gasteiger partial charge is 0.303 e. The molecule has 0 aliphatic rings. The minimum Gasteiger partial charge on any atom is -0.481 e. The number of benzene rings is 2. The highest BCUT2D eigenvalue weighted by Gasteiger charge is 2.30. The number of hydrogen-bond acceptors (Lipinski definition) is 6. The van der Waals surface area contributed by atoms with Crippen LogP contribution >= 0.6 is 0 Å². The molecule has 34 heavy (non-hydrogen) atoms. The lowest BCUT2D eigenvalue weighted by atomic mass is 10.0. The maximum atomic E-state index is 12.7. The van der Waals surface area contributed by atoms with Gasteiger partial charge >= 0.3 is 5.97 Å². The van der Waals surface area contributed by atoms with Crippen LogP contribution in [0.15, 0.2) is 48.5 Å². The predicted octanol–water partition coefficient (Wildman–Crippen LogP) is 1.25. The summed E-state index contributed by atoms with van der Waals surface area (Å²) in [6, 6.07) is 11.9. The van der Waals surface area contributed by atoms with E-state index in [2.05, 4.69) is 17.6 Å². The summed E-state index contributed by atoms with van der Waals surface area (Å²) < 4.78 is 0. The summed E-state index contributed by atoms with van der Waals surface area (Å²) in [5.74, 6) is -3.73. The number of carboxylic acids is 1. The van der Waals surface area contributed by atoms with Crippen LogP contribution in [-0.4, -0.2) is 57.3 Å². The van der Waals surface area contributed by atoms with Gasteiger partial charge in [0.05, 0.1) is 6.10 Å². The van der Waals surface area contributed by atoms with Gasteiger partial charge in [-0.1, -0.05) is 43.3 Å². The van der Waals surface area contributed by atoms with E-state index in [4.69, 9.17) is 10.3 Å². The molecule has 182 valence electrons. The van der Waals surface area contributed by atoms with E-state index in [0.717, 1.165) is 17.5 Å². The number of carbonyl (C=O) groups excluding carboxylic acids is 3. The third-order valence-electron chi connectivity index (χ3n) is 5.28. The Morgan fingerprint density at radius 3 is 1.91 bits per heavy atom. The topological polar surface area (TPSA) is 165 Å². The number of aliphatic carboxylic acids is 1. The van der Waals surface area contributed by atoms with E-state index in [1.807, 2.05) is 24.3 Å². The van der Waals surface area contributed by atoms with Gasteiger partial charge in [-0.2, -0.15) is 0 Å². The standard InChI is InChI=1S/C24H29N3O7/c1-3-15-4-6-16(7-5-15)17-8-10-18(11-9-17)22(31)25-19(12-13-20(29)30)23(32)26-21(14(2)28)24(33)27-34/h4-11,14,19,21,28,34H,3,12-13H2,1-2H3,(H,25,31)(H,26,32)(H,27,33)(H,29,30)/t14-,19+,21+/m1/s1. The van der Waals surface area contributed by atoms with Crippen molar-refractivity contribution < 1.29 is 34.6 Å². The molecule has 6 N–H and O–H groups in total. The fraction of sp³-hybridized carbons (Fsp3) is 0.333. The number of hydrogen-bond donors (Lipinski definition) is 6. The fourth-order valence-corrected chi connectivity index (χ4v) is 3.25. The van der Waals surface area contributed by atoms with Gasteiger partial charge in [0.1, 0.15) is 12.1 Å². The van der Waals surface area contributed by atoms with E-state index in [1.165, 1.54) is 18.0 Å². The number of nitrogens with one attached hydrogen (secondary N) is 3. The second kappa shape index (κ2) is 12.5. The summed E-state index contributed by atoms with van der Waals surface area (Å²) in [7, 11) is 0. The van der Waals surface area contributed by atoms with Gasteiger partial charge in [0.2, 0.25) is 5.91 Å². The van der Waals surface area contributed by atoms with E-state index < -0.39 is 48.3 Å².